The predicted octanol–water partition coefficient (Wildman–Crippen LogP) is 4.68. The Kier molecular flexibility index (Phi) is 11.2. The van der Waals surface area contributed by atoms with Crippen molar-refractivity contribution in [1.82, 2.24) is 20.4 Å². The molecule has 2 aliphatic rings. The summed E-state index contributed by atoms with van der Waals surface area (Å²) < 4.78 is 5.26. The van der Waals surface area contributed by atoms with Gasteiger partial charge in [-0.25, -0.2) is 4.79 Å². The van der Waals surface area contributed by atoms with E-state index in [9.17, 15) is 14.4 Å². The van der Waals surface area contributed by atoms with Gasteiger partial charge in [-0.05, 0) is 63.0 Å². The average Bonchev–Trinajstić information content (AvgIpc) is 2.99. The molecule has 2 heterocycles. The van der Waals surface area contributed by atoms with E-state index in [1.165, 1.54) is 5.56 Å². The number of unbranched alkanes of at least 4 members (excludes halogenated alkanes) is 1. The number of nitrogens with zero attached hydrogens (tertiary/aromatic N) is 2. The first-order valence-electron chi connectivity index (χ1n) is 15.3. The maximum Gasteiger partial charge on any atom is 0.407 e. The number of rotatable bonds is 13. The van der Waals surface area contributed by atoms with Crippen LogP contribution in [-0.2, 0) is 27.4 Å². The summed E-state index contributed by atoms with van der Waals surface area (Å²) in [7, 11) is 0. The van der Waals surface area contributed by atoms with Crippen molar-refractivity contribution in [1.29, 1.82) is 0 Å². The Hall–Kier alpha value is -3.39. The molecule has 1 unspecified atom stereocenters. The largest absolute Gasteiger partial charge is 0.445 e. The van der Waals surface area contributed by atoms with Crippen LogP contribution in [0.2, 0.25) is 0 Å². The number of nitrogens with one attached hydrogen (secondary N) is 2. The minimum Gasteiger partial charge on any atom is -0.445 e. The summed E-state index contributed by atoms with van der Waals surface area (Å²) in [6, 6.07) is 19.5. The van der Waals surface area contributed by atoms with Crippen LogP contribution in [0.4, 0.5) is 4.79 Å². The third-order valence-corrected chi connectivity index (χ3v) is 8.52. The molecular formula is C33H46N4O4. The van der Waals surface area contributed by atoms with E-state index in [4.69, 9.17) is 4.74 Å². The van der Waals surface area contributed by atoms with Gasteiger partial charge in [-0.3, -0.25) is 9.59 Å². The number of carbonyl (C=O) groups is 3. The van der Waals surface area contributed by atoms with Crippen LogP contribution in [-0.4, -0.2) is 71.5 Å². The smallest absolute Gasteiger partial charge is 0.407 e. The summed E-state index contributed by atoms with van der Waals surface area (Å²) in [5.41, 5.74) is 1.49. The van der Waals surface area contributed by atoms with Gasteiger partial charge >= 0.3 is 6.09 Å². The Morgan fingerprint density at radius 1 is 1.02 bits per heavy atom. The summed E-state index contributed by atoms with van der Waals surface area (Å²) in [5, 5.41) is 5.88. The molecule has 2 atom stereocenters. The van der Waals surface area contributed by atoms with Crippen molar-refractivity contribution in [2.24, 2.45) is 0 Å². The van der Waals surface area contributed by atoms with Crippen LogP contribution in [0.1, 0.15) is 69.9 Å². The van der Waals surface area contributed by atoms with Gasteiger partial charge in [-0.1, -0.05) is 74.0 Å². The lowest BCUT2D eigenvalue weighted by Crippen LogP contribution is -2.74. The molecule has 4 rings (SSSR count). The normalized spacial score (nSPS) is 19.6. The van der Waals surface area contributed by atoms with Crippen molar-refractivity contribution in [3.05, 3.63) is 71.8 Å². The van der Waals surface area contributed by atoms with Crippen LogP contribution < -0.4 is 10.6 Å². The standard InChI is InChI=1S/C33H46N4O4/c1-3-12-26(2)37-30(38)29(17-10-11-21-34-32(40)41-25-28-15-8-5-9-16-28)35-31(39)33(37)19-23-36(24-20-33)22-18-27-13-6-4-7-14-27/h4-9,13-16,26,29H,3,10-12,17-25H2,1-2H3,(H,34,40)(H,35,39)/t26?,29-/m0/s1. The fourth-order valence-electron chi connectivity index (χ4n) is 6.21. The van der Waals surface area contributed by atoms with Gasteiger partial charge in [-0.15, -0.1) is 0 Å². The Morgan fingerprint density at radius 3 is 2.34 bits per heavy atom. The van der Waals surface area contributed by atoms with Crippen LogP contribution in [0.25, 0.3) is 0 Å². The van der Waals surface area contributed by atoms with Crippen molar-refractivity contribution >= 4 is 17.9 Å². The van der Waals surface area contributed by atoms with E-state index in [1.807, 2.05) is 41.3 Å². The molecule has 2 aromatic rings. The fourth-order valence-corrected chi connectivity index (χ4v) is 6.21. The summed E-state index contributed by atoms with van der Waals surface area (Å²) in [5.74, 6) is 0.0360. The minimum absolute atomic E-state index is 0.00428. The summed E-state index contributed by atoms with van der Waals surface area (Å²) >= 11 is 0. The van der Waals surface area contributed by atoms with E-state index in [1.54, 1.807) is 0 Å². The molecule has 3 amide bonds. The van der Waals surface area contributed by atoms with Crippen LogP contribution in [0.3, 0.4) is 0 Å². The number of carbonyl (C=O) groups excluding carboxylic acids is 3. The van der Waals surface area contributed by atoms with E-state index in [2.05, 4.69) is 53.6 Å². The molecule has 8 heteroatoms. The molecule has 0 radical (unpaired) electrons. The van der Waals surface area contributed by atoms with Crippen LogP contribution in [0.5, 0.6) is 0 Å². The van der Waals surface area contributed by atoms with E-state index < -0.39 is 17.7 Å². The second-order valence-electron chi connectivity index (χ2n) is 11.5. The van der Waals surface area contributed by atoms with Gasteiger partial charge in [0.05, 0.1) is 0 Å². The second-order valence-corrected chi connectivity index (χ2v) is 11.5. The molecule has 2 aromatic carbocycles. The molecular weight excluding hydrogens is 516 g/mol. The van der Waals surface area contributed by atoms with Crippen LogP contribution in [0, 0.1) is 0 Å². The number of hydrogen-bond acceptors (Lipinski definition) is 5. The van der Waals surface area contributed by atoms with E-state index in [0.29, 0.717) is 38.6 Å². The lowest BCUT2D eigenvalue weighted by Gasteiger charge is -2.54. The van der Waals surface area contributed by atoms with E-state index in [-0.39, 0.29) is 24.5 Å². The second kappa shape index (κ2) is 15.0. The zero-order valence-corrected chi connectivity index (χ0v) is 24.6. The molecule has 0 bridgehead atoms. The fraction of sp³-hybridized carbons (Fsp3) is 0.545. The molecule has 0 aromatic heterocycles. The quantitative estimate of drug-likeness (QED) is 0.346. The van der Waals surface area contributed by atoms with Crippen molar-refractivity contribution < 1.29 is 19.1 Å². The highest BCUT2D eigenvalue weighted by Crippen LogP contribution is 2.36. The average molecular weight is 563 g/mol. The molecule has 2 aliphatic heterocycles. The van der Waals surface area contributed by atoms with Crippen molar-refractivity contribution in [3.63, 3.8) is 0 Å². The first-order chi connectivity index (χ1) is 19.9. The van der Waals surface area contributed by atoms with Gasteiger partial charge in [0.1, 0.15) is 18.2 Å². The molecule has 41 heavy (non-hydrogen) atoms. The molecule has 8 nitrogen and oxygen atoms in total. The van der Waals surface area contributed by atoms with Gasteiger partial charge < -0.3 is 25.2 Å². The molecule has 0 aliphatic carbocycles. The topological polar surface area (TPSA) is 91.0 Å². The zero-order chi connectivity index (χ0) is 29.1. The monoisotopic (exact) mass is 562 g/mol. The number of likely N-dealkylation sites (tertiary alicyclic amines) is 1. The van der Waals surface area contributed by atoms with E-state index >= 15 is 0 Å². The predicted molar refractivity (Wildman–Crippen MR) is 160 cm³/mol. The number of amides is 3. The molecule has 222 valence electrons. The maximum absolute atomic E-state index is 13.9. The molecule has 2 saturated heterocycles. The third kappa shape index (κ3) is 8.09. The molecule has 0 saturated carbocycles. The molecule has 2 N–H and O–H groups in total. The zero-order valence-electron chi connectivity index (χ0n) is 24.6. The highest BCUT2D eigenvalue weighted by Gasteiger charge is 2.54. The lowest BCUT2D eigenvalue weighted by molar-refractivity contribution is -0.165. The summed E-state index contributed by atoms with van der Waals surface area (Å²) in [4.78, 5) is 43.9. The van der Waals surface area contributed by atoms with Gasteiger partial charge in [-0.2, -0.15) is 0 Å². The van der Waals surface area contributed by atoms with Crippen molar-refractivity contribution in [2.45, 2.75) is 89.4 Å². The molecule has 1 spiro atoms. The van der Waals surface area contributed by atoms with Crippen molar-refractivity contribution in [3.8, 4) is 0 Å². The van der Waals surface area contributed by atoms with E-state index in [0.717, 1.165) is 44.5 Å². The van der Waals surface area contributed by atoms with Gasteiger partial charge in [0.2, 0.25) is 11.8 Å². The Labute approximate surface area is 244 Å². The Balaban J connectivity index is 1.26. The van der Waals surface area contributed by atoms with Gasteiger partial charge in [0.15, 0.2) is 0 Å². The first-order valence-corrected chi connectivity index (χ1v) is 15.3. The number of ether oxygens (including phenoxy) is 1. The summed E-state index contributed by atoms with van der Waals surface area (Å²) in [6.45, 7) is 7.47. The van der Waals surface area contributed by atoms with Gasteiger partial charge in [0.25, 0.3) is 0 Å². The summed E-state index contributed by atoms with van der Waals surface area (Å²) in [6.07, 6.45) is 5.66. The highest BCUT2D eigenvalue weighted by atomic mass is 16.5. The highest BCUT2D eigenvalue weighted by molar-refractivity contribution is 6.00. The number of benzene rings is 2. The number of hydrogen-bond donors (Lipinski definition) is 2. The van der Waals surface area contributed by atoms with Crippen LogP contribution in [0.15, 0.2) is 60.7 Å². The van der Waals surface area contributed by atoms with Gasteiger partial charge in [0, 0.05) is 32.2 Å². The Bertz CT molecular complexity index is 1120. The Morgan fingerprint density at radius 2 is 1.68 bits per heavy atom. The number of piperazine rings is 1. The minimum atomic E-state index is -0.768. The first kappa shape index (κ1) is 30.6. The lowest BCUT2D eigenvalue weighted by atomic mass is 9.79. The molecule has 2 fully saturated rings. The SMILES string of the molecule is CCCC(C)N1C(=O)[C@H](CCCCNC(=O)OCc2ccccc2)NC(=O)C12CCN(CCc1ccccc1)CC2. The van der Waals surface area contributed by atoms with Crippen molar-refractivity contribution in [2.75, 3.05) is 26.2 Å². The third-order valence-electron chi connectivity index (χ3n) is 8.52. The maximum atomic E-state index is 13.9. The number of alkyl carbamates (subject to hydrolysis) is 1. The number of piperidine rings is 1. The van der Waals surface area contributed by atoms with Crippen LogP contribution >= 0.6 is 0 Å².